The van der Waals surface area contributed by atoms with Gasteiger partial charge in [0.1, 0.15) is 12.2 Å². The number of rotatable bonds is 3. The van der Waals surface area contributed by atoms with Crippen molar-refractivity contribution in [2.45, 2.75) is 11.4 Å². The van der Waals surface area contributed by atoms with Crippen LogP contribution in [0.3, 0.4) is 0 Å². The summed E-state index contributed by atoms with van der Waals surface area (Å²) in [7, 11) is 1.55. The van der Waals surface area contributed by atoms with Crippen LogP contribution in [-0.4, -0.2) is 34.4 Å². The van der Waals surface area contributed by atoms with Gasteiger partial charge in [0, 0.05) is 12.7 Å². The highest BCUT2D eigenvalue weighted by Gasteiger charge is 2.26. The molecule has 0 fully saturated rings. The van der Waals surface area contributed by atoms with Crippen LogP contribution in [0.15, 0.2) is 46.2 Å². The third-order valence-electron chi connectivity index (χ3n) is 3.40. The Morgan fingerprint density at radius 2 is 2.04 bits per heavy atom. The molecular formula is C15H14N4O3S. The molecule has 2 heterocycles. The Kier molecular flexibility index (Phi) is 4.16. The Morgan fingerprint density at radius 3 is 2.78 bits per heavy atom. The number of hydrogen-bond acceptors (Lipinski definition) is 5. The predicted molar refractivity (Wildman–Crippen MR) is 87.7 cm³/mol. The first-order valence-electron chi connectivity index (χ1n) is 6.90. The van der Waals surface area contributed by atoms with Crippen LogP contribution in [0.5, 0.6) is 0 Å². The highest BCUT2D eigenvalue weighted by atomic mass is 32.2. The average molecular weight is 330 g/mol. The zero-order valence-corrected chi connectivity index (χ0v) is 13.2. The number of hydrogen-bond donors (Lipinski definition) is 1. The van der Waals surface area contributed by atoms with E-state index in [9.17, 15) is 14.4 Å². The van der Waals surface area contributed by atoms with E-state index in [0.29, 0.717) is 10.6 Å². The second kappa shape index (κ2) is 6.25. The zero-order valence-electron chi connectivity index (χ0n) is 12.4. The van der Waals surface area contributed by atoms with Crippen LogP contribution >= 0.6 is 11.8 Å². The lowest BCUT2D eigenvalue weighted by molar-refractivity contribution is -0.117. The monoisotopic (exact) mass is 330 g/mol. The number of amides is 2. The number of carbonyl (C=O) groups excluding carboxylic acids is 2. The number of benzene rings is 1. The number of nitrogens with one attached hydrogen (secondary N) is 1. The van der Waals surface area contributed by atoms with Crippen molar-refractivity contribution in [2.24, 2.45) is 0 Å². The second-order valence-corrected chi connectivity index (χ2v) is 5.99. The van der Waals surface area contributed by atoms with Crippen LogP contribution in [0.1, 0.15) is 0 Å². The molecule has 0 unspecified atom stereocenters. The fourth-order valence-corrected chi connectivity index (χ4v) is 3.16. The molecule has 2 amide bonds. The van der Waals surface area contributed by atoms with Gasteiger partial charge in [-0.25, -0.2) is 4.68 Å². The molecule has 0 bridgehead atoms. The second-order valence-electron chi connectivity index (χ2n) is 4.98. The quantitative estimate of drug-likeness (QED) is 0.906. The van der Waals surface area contributed by atoms with Crippen LogP contribution in [-0.2, 0) is 16.1 Å². The van der Waals surface area contributed by atoms with Crippen molar-refractivity contribution < 1.29 is 9.59 Å². The predicted octanol–water partition coefficient (Wildman–Crippen LogP) is 0.950. The van der Waals surface area contributed by atoms with Crippen molar-refractivity contribution in [1.82, 2.24) is 9.78 Å². The minimum Gasteiger partial charge on any atom is -0.324 e. The summed E-state index contributed by atoms with van der Waals surface area (Å²) in [5.41, 5.74) is 0.467. The molecule has 2 aromatic rings. The maximum Gasteiger partial charge on any atom is 0.292 e. The molecule has 23 heavy (non-hydrogen) atoms. The highest BCUT2D eigenvalue weighted by molar-refractivity contribution is 8.00. The average Bonchev–Trinajstić information content (AvgIpc) is 2.54. The van der Waals surface area contributed by atoms with Gasteiger partial charge in [-0.2, -0.15) is 5.10 Å². The summed E-state index contributed by atoms with van der Waals surface area (Å²) in [6.07, 6.45) is 1.51. The third kappa shape index (κ3) is 3.11. The van der Waals surface area contributed by atoms with Crippen LogP contribution < -0.4 is 15.8 Å². The van der Waals surface area contributed by atoms with E-state index in [1.807, 2.05) is 6.07 Å². The fourth-order valence-electron chi connectivity index (χ4n) is 2.21. The van der Waals surface area contributed by atoms with Gasteiger partial charge in [-0.3, -0.25) is 14.4 Å². The first-order chi connectivity index (χ1) is 11.1. The van der Waals surface area contributed by atoms with Crippen LogP contribution in [0.25, 0.3) is 0 Å². The molecule has 0 radical (unpaired) electrons. The molecule has 0 saturated heterocycles. The van der Waals surface area contributed by atoms with Crippen molar-refractivity contribution in [2.75, 3.05) is 23.0 Å². The van der Waals surface area contributed by atoms with Gasteiger partial charge < -0.3 is 10.2 Å². The molecule has 1 aliphatic heterocycles. The Morgan fingerprint density at radius 1 is 1.30 bits per heavy atom. The third-order valence-corrected chi connectivity index (χ3v) is 4.40. The maximum atomic E-state index is 12.5. The number of nitrogens with zero attached hydrogens (tertiary/aromatic N) is 3. The fraction of sp³-hybridized carbons (Fsp3) is 0.200. The summed E-state index contributed by atoms with van der Waals surface area (Å²) in [5.74, 6) is -0.224. The minimum absolute atomic E-state index is 0.147. The van der Waals surface area contributed by atoms with Crippen LogP contribution in [0.2, 0.25) is 0 Å². The van der Waals surface area contributed by atoms with Gasteiger partial charge in [0.15, 0.2) is 0 Å². The molecule has 0 aliphatic carbocycles. The highest BCUT2D eigenvalue weighted by Crippen LogP contribution is 2.30. The zero-order chi connectivity index (χ0) is 16.4. The van der Waals surface area contributed by atoms with E-state index in [0.717, 1.165) is 4.68 Å². The standard InChI is InChI=1S/C15H14N4O3S/c1-18-13(21)9-23-11-7-16-19(15(22)14(11)18)8-12(20)17-10-5-3-2-4-6-10/h2-7H,8-9H2,1H3,(H,17,20). The summed E-state index contributed by atoms with van der Waals surface area (Å²) < 4.78 is 1.06. The van der Waals surface area contributed by atoms with Gasteiger partial charge >= 0.3 is 0 Å². The molecule has 3 rings (SSSR count). The normalized spacial score (nSPS) is 13.6. The van der Waals surface area contributed by atoms with E-state index in [1.165, 1.54) is 22.9 Å². The Hall–Kier alpha value is -2.61. The molecule has 1 N–H and O–H groups in total. The van der Waals surface area contributed by atoms with Crippen LogP contribution in [0.4, 0.5) is 11.4 Å². The molecular weight excluding hydrogens is 316 g/mol. The van der Waals surface area contributed by atoms with Gasteiger partial charge in [0.25, 0.3) is 5.56 Å². The van der Waals surface area contributed by atoms with E-state index < -0.39 is 5.56 Å². The smallest absolute Gasteiger partial charge is 0.292 e. The van der Waals surface area contributed by atoms with Crippen molar-refractivity contribution in [3.05, 3.63) is 46.9 Å². The Labute approximate surface area is 136 Å². The Balaban J connectivity index is 1.83. The van der Waals surface area contributed by atoms with Crippen molar-refractivity contribution in [3.63, 3.8) is 0 Å². The lowest BCUT2D eigenvalue weighted by Gasteiger charge is -2.24. The summed E-state index contributed by atoms with van der Waals surface area (Å²) in [5, 5.41) is 6.71. The number of para-hydroxylation sites is 1. The topological polar surface area (TPSA) is 84.3 Å². The maximum absolute atomic E-state index is 12.5. The lowest BCUT2D eigenvalue weighted by Crippen LogP contribution is -2.40. The number of anilines is 2. The summed E-state index contributed by atoms with van der Waals surface area (Å²) in [4.78, 5) is 38.2. The molecule has 8 heteroatoms. The summed E-state index contributed by atoms with van der Waals surface area (Å²) >= 11 is 1.28. The number of fused-ring (bicyclic) bond motifs is 1. The van der Waals surface area contributed by atoms with E-state index in [2.05, 4.69) is 10.4 Å². The minimum atomic E-state index is -0.450. The first-order valence-corrected chi connectivity index (χ1v) is 7.89. The number of carbonyl (C=O) groups is 2. The van der Waals surface area contributed by atoms with E-state index in [1.54, 1.807) is 31.3 Å². The molecule has 7 nitrogen and oxygen atoms in total. The molecule has 0 atom stereocenters. The van der Waals surface area contributed by atoms with Crippen molar-refractivity contribution in [1.29, 1.82) is 0 Å². The largest absolute Gasteiger partial charge is 0.324 e. The summed E-state index contributed by atoms with van der Waals surface area (Å²) in [6.45, 7) is -0.215. The van der Waals surface area contributed by atoms with Crippen molar-refractivity contribution >= 4 is 35.0 Å². The molecule has 1 aliphatic rings. The van der Waals surface area contributed by atoms with E-state index >= 15 is 0 Å². The van der Waals surface area contributed by atoms with Gasteiger partial charge in [0.05, 0.1) is 16.8 Å². The van der Waals surface area contributed by atoms with Gasteiger partial charge in [-0.05, 0) is 12.1 Å². The van der Waals surface area contributed by atoms with E-state index in [-0.39, 0.29) is 29.8 Å². The molecule has 1 aromatic carbocycles. The number of thioether (sulfide) groups is 1. The van der Waals surface area contributed by atoms with E-state index in [4.69, 9.17) is 0 Å². The lowest BCUT2D eigenvalue weighted by atomic mass is 10.3. The number of aromatic nitrogens is 2. The first kappa shape index (κ1) is 15.3. The Bertz CT molecular complexity index is 819. The summed E-state index contributed by atoms with van der Waals surface area (Å²) in [6, 6.07) is 8.96. The van der Waals surface area contributed by atoms with Crippen molar-refractivity contribution in [3.8, 4) is 0 Å². The van der Waals surface area contributed by atoms with Gasteiger partial charge in [0.2, 0.25) is 11.8 Å². The molecule has 1 aromatic heterocycles. The molecule has 118 valence electrons. The van der Waals surface area contributed by atoms with Gasteiger partial charge in [-0.15, -0.1) is 11.8 Å². The SMILES string of the molecule is CN1C(=O)CSc2cnn(CC(=O)Nc3ccccc3)c(=O)c21. The molecule has 0 saturated carbocycles. The molecule has 0 spiro atoms. The van der Waals surface area contributed by atoms with Gasteiger partial charge in [-0.1, -0.05) is 18.2 Å². The van der Waals surface area contributed by atoms with Crippen LogP contribution in [0, 0.1) is 0 Å².